The lowest BCUT2D eigenvalue weighted by atomic mass is 10.1. The van der Waals surface area contributed by atoms with Crippen molar-refractivity contribution in [2.24, 2.45) is 4.99 Å². The zero-order chi connectivity index (χ0) is 15.1. The van der Waals surface area contributed by atoms with Gasteiger partial charge in [-0.3, -0.25) is 19.8 Å². The molecule has 3 heterocycles. The van der Waals surface area contributed by atoms with Crippen LogP contribution in [0.2, 0.25) is 5.02 Å². The minimum Gasteiger partial charge on any atom is -0.287 e. The van der Waals surface area contributed by atoms with E-state index in [-0.39, 0.29) is 6.03 Å². The number of amides is 2. The van der Waals surface area contributed by atoms with Crippen molar-refractivity contribution >= 4 is 29.2 Å². The first-order valence-electron chi connectivity index (χ1n) is 7.07. The maximum atomic E-state index is 12.8. The number of carbonyl (C=O) groups excluding carboxylic acids is 1. The van der Waals surface area contributed by atoms with Crippen LogP contribution in [0, 0.1) is 0 Å². The van der Waals surface area contributed by atoms with Crippen LogP contribution in [-0.2, 0) is 6.54 Å². The standard InChI is InChI=1S/C16H13ClN4O/c17-11-4-5-13-14(9-11)21(10-12-3-1-2-6-18-12)16(22)20-8-7-19-15(13)20/h1-6,9H,7-8,10H2. The quantitative estimate of drug-likeness (QED) is 0.856. The van der Waals surface area contributed by atoms with Crippen molar-refractivity contribution in [1.82, 2.24) is 9.88 Å². The molecule has 0 fully saturated rings. The molecule has 22 heavy (non-hydrogen) atoms. The van der Waals surface area contributed by atoms with Gasteiger partial charge in [0.1, 0.15) is 5.84 Å². The van der Waals surface area contributed by atoms with Gasteiger partial charge in [-0.1, -0.05) is 17.7 Å². The lowest BCUT2D eigenvalue weighted by molar-refractivity contribution is 0.228. The van der Waals surface area contributed by atoms with E-state index in [2.05, 4.69) is 9.98 Å². The number of halogens is 1. The highest BCUT2D eigenvalue weighted by atomic mass is 35.5. The zero-order valence-corrected chi connectivity index (χ0v) is 12.5. The number of anilines is 1. The molecular formula is C16H13ClN4O. The molecule has 2 aliphatic rings. The lowest BCUT2D eigenvalue weighted by Gasteiger charge is -2.35. The molecule has 1 aromatic carbocycles. The molecule has 0 atom stereocenters. The Kier molecular flexibility index (Phi) is 3.08. The Bertz CT molecular complexity index is 775. The topological polar surface area (TPSA) is 48.8 Å². The van der Waals surface area contributed by atoms with Gasteiger partial charge in [0.15, 0.2) is 0 Å². The average molecular weight is 313 g/mol. The smallest absolute Gasteiger partial charge is 0.287 e. The molecule has 0 radical (unpaired) electrons. The summed E-state index contributed by atoms with van der Waals surface area (Å²) in [6.07, 6.45) is 1.73. The first-order chi connectivity index (χ1) is 10.7. The SMILES string of the molecule is O=C1N2CCN=C2c2ccc(Cl)cc2N1Cc1ccccn1. The molecule has 0 unspecified atom stereocenters. The summed E-state index contributed by atoms with van der Waals surface area (Å²) < 4.78 is 0. The lowest BCUT2D eigenvalue weighted by Crippen LogP contribution is -2.49. The molecule has 2 aromatic rings. The molecule has 2 amide bonds. The molecule has 2 aliphatic heterocycles. The van der Waals surface area contributed by atoms with Crippen LogP contribution < -0.4 is 4.90 Å². The van der Waals surface area contributed by atoms with Gasteiger partial charge in [0.2, 0.25) is 0 Å². The van der Waals surface area contributed by atoms with Gasteiger partial charge in [-0.05, 0) is 30.3 Å². The number of aromatic nitrogens is 1. The largest absolute Gasteiger partial charge is 0.330 e. The summed E-state index contributed by atoms with van der Waals surface area (Å²) in [6.45, 7) is 1.67. The monoisotopic (exact) mass is 312 g/mol. The predicted molar refractivity (Wildman–Crippen MR) is 85.4 cm³/mol. The van der Waals surface area contributed by atoms with Gasteiger partial charge in [-0.2, -0.15) is 0 Å². The molecule has 0 saturated carbocycles. The number of fused-ring (bicyclic) bond motifs is 3. The van der Waals surface area contributed by atoms with Crippen molar-refractivity contribution in [3.8, 4) is 0 Å². The molecule has 0 bridgehead atoms. The fourth-order valence-corrected chi connectivity index (χ4v) is 3.00. The van der Waals surface area contributed by atoms with Crippen molar-refractivity contribution < 1.29 is 4.79 Å². The number of rotatable bonds is 2. The Hall–Kier alpha value is -2.40. The number of hydrogen-bond donors (Lipinski definition) is 0. The van der Waals surface area contributed by atoms with E-state index in [9.17, 15) is 4.79 Å². The predicted octanol–water partition coefficient (Wildman–Crippen LogP) is 2.94. The van der Waals surface area contributed by atoms with E-state index in [1.54, 1.807) is 16.0 Å². The molecule has 0 spiro atoms. The highest BCUT2D eigenvalue weighted by molar-refractivity contribution is 6.31. The van der Waals surface area contributed by atoms with Gasteiger partial charge in [0.05, 0.1) is 24.5 Å². The number of benzene rings is 1. The van der Waals surface area contributed by atoms with Crippen molar-refractivity contribution in [2.45, 2.75) is 6.54 Å². The van der Waals surface area contributed by atoms with Crippen molar-refractivity contribution in [3.05, 3.63) is 58.9 Å². The Morgan fingerprint density at radius 1 is 1.23 bits per heavy atom. The summed E-state index contributed by atoms with van der Waals surface area (Å²) in [7, 11) is 0. The number of hydrogen-bond acceptors (Lipinski definition) is 3. The van der Waals surface area contributed by atoms with Crippen molar-refractivity contribution in [3.63, 3.8) is 0 Å². The number of carbonyl (C=O) groups is 1. The van der Waals surface area contributed by atoms with Crippen LogP contribution in [0.3, 0.4) is 0 Å². The first kappa shape index (κ1) is 13.3. The normalized spacial score (nSPS) is 16.4. The maximum absolute atomic E-state index is 12.8. The molecule has 110 valence electrons. The number of amidine groups is 1. The molecule has 1 aromatic heterocycles. The van der Waals surface area contributed by atoms with Gasteiger partial charge in [-0.15, -0.1) is 0 Å². The molecule has 6 heteroatoms. The van der Waals surface area contributed by atoms with Crippen LogP contribution in [0.5, 0.6) is 0 Å². The van der Waals surface area contributed by atoms with E-state index in [0.29, 0.717) is 24.7 Å². The van der Waals surface area contributed by atoms with Gasteiger partial charge in [0, 0.05) is 23.3 Å². The summed E-state index contributed by atoms with van der Waals surface area (Å²) >= 11 is 6.13. The number of urea groups is 1. The Morgan fingerprint density at radius 3 is 2.95 bits per heavy atom. The minimum absolute atomic E-state index is 0.0725. The second-order valence-electron chi connectivity index (χ2n) is 5.21. The van der Waals surface area contributed by atoms with Crippen LogP contribution in [0.1, 0.15) is 11.3 Å². The molecular weight excluding hydrogens is 300 g/mol. The van der Waals surface area contributed by atoms with Gasteiger partial charge < -0.3 is 0 Å². The van der Waals surface area contributed by atoms with Crippen LogP contribution >= 0.6 is 11.6 Å². The maximum Gasteiger partial charge on any atom is 0.330 e. The Morgan fingerprint density at radius 2 is 2.14 bits per heavy atom. The van der Waals surface area contributed by atoms with Crippen LogP contribution in [0.4, 0.5) is 10.5 Å². The van der Waals surface area contributed by atoms with Crippen LogP contribution in [0.15, 0.2) is 47.6 Å². The summed E-state index contributed by atoms with van der Waals surface area (Å²) in [5.74, 6) is 0.744. The summed E-state index contributed by atoms with van der Waals surface area (Å²) in [5, 5.41) is 0.601. The van der Waals surface area contributed by atoms with E-state index < -0.39 is 0 Å². The van der Waals surface area contributed by atoms with E-state index >= 15 is 0 Å². The number of aliphatic imine (C=N–C) groups is 1. The summed E-state index contributed by atoms with van der Waals surface area (Å²) in [4.78, 5) is 25.0. The molecule has 0 aliphatic carbocycles. The van der Waals surface area contributed by atoms with Crippen molar-refractivity contribution in [2.75, 3.05) is 18.0 Å². The Labute approximate surface area is 132 Å². The number of nitrogens with zero attached hydrogens (tertiary/aromatic N) is 4. The van der Waals surface area contributed by atoms with E-state index in [1.807, 2.05) is 36.4 Å². The number of pyridine rings is 1. The Balaban J connectivity index is 1.81. The van der Waals surface area contributed by atoms with Gasteiger partial charge in [0.25, 0.3) is 0 Å². The van der Waals surface area contributed by atoms with Crippen LogP contribution in [-0.4, -0.2) is 34.8 Å². The van der Waals surface area contributed by atoms with E-state index in [4.69, 9.17) is 11.6 Å². The average Bonchev–Trinajstić information content (AvgIpc) is 3.02. The van der Waals surface area contributed by atoms with Gasteiger partial charge in [-0.25, -0.2) is 4.79 Å². The van der Waals surface area contributed by atoms with Gasteiger partial charge >= 0.3 is 6.03 Å². The van der Waals surface area contributed by atoms with E-state index in [1.165, 1.54) is 0 Å². The second kappa shape index (κ2) is 5.10. The fraction of sp³-hybridized carbons (Fsp3) is 0.188. The second-order valence-corrected chi connectivity index (χ2v) is 5.64. The first-order valence-corrected chi connectivity index (χ1v) is 7.45. The molecule has 4 rings (SSSR count). The summed E-state index contributed by atoms with van der Waals surface area (Å²) in [5.41, 5.74) is 2.57. The molecule has 0 saturated heterocycles. The molecule has 5 nitrogen and oxygen atoms in total. The highest BCUT2D eigenvalue weighted by Gasteiger charge is 2.37. The minimum atomic E-state index is -0.0725. The highest BCUT2D eigenvalue weighted by Crippen LogP contribution is 2.33. The molecule has 0 N–H and O–H groups in total. The van der Waals surface area contributed by atoms with Crippen molar-refractivity contribution in [1.29, 1.82) is 0 Å². The zero-order valence-electron chi connectivity index (χ0n) is 11.7. The third-order valence-corrected chi connectivity index (χ3v) is 4.08. The summed E-state index contributed by atoms with van der Waals surface area (Å²) in [6, 6.07) is 11.2. The van der Waals surface area contributed by atoms with Crippen LogP contribution in [0.25, 0.3) is 0 Å². The third kappa shape index (κ3) is 2.05. The third-order valence-electron chi connectivity index (χ3n) is 3.84. The fourth-order valence-electron chi connectivity index (χ4n) is 2.84. The van der Waals surface area contributed by atoms with E-state index in [0.717, 1.165) is 22.8 Å².